The molecule has 18 heavy (non-hydrogen) atoms. The highest BCUT2D eigenvalue weighted by molar-refractivity contribution is 6.30. The number of halogens is 1. The van der Waals surface area contributed by atoms with Gasteiger partial charge < -0.3 is 5.32 Å². The van der Waals surface area contributed by atoms with E-state index >= 15 is 0 Å². The molecule has 0 heterocycles. The van der Waals surface area contributed by atoms with Crippen molar-refractivity contribution >= 4 is 11.6 Å². The van der Waals surface area contributed by atoms with Crippen molar-refractivity contribution in [2.75, 3.05) is 0 Å². The summed E-state index contributed by atoms with van der Waals surface area (Å²) in [5.74, 6) is 1.71. The zero-order valence-electron chi connectivity index (χ0n) is 10.8. The summed E-state index contributed by atoms with van der Waals surface area (Å²) in [6.45, 7) is 2.24. The summed E-state index contributed by atoms with van der Waals surface area (Å²) in [5, 5.41) is 4.63. The minimum atomic E-state index is 0.460. The molecule has 1 aromatic carbocycles. The van der Waals surface area contributed by atoms with Crippen molar-refractivity contribution in [2.24, 2.45) is 11.8 Å². The first-order chi connectivity index (χ1) is 8.78. The molecule has 1 fully saturated rings. The van der Waals surface area contributed by atoms with E-state index in [-0.39, 0.29) is 0 Å². The highest BCUT2D eigenvalue weighted by Gasteiger charge is 2.41. The van der Waals surface area contributed by atoms with Gasteiger partial charge in [0.25, 0.3) is 0 Å². The van der Waals surface area contributed by atoms with Crippen molar-refractivity contribution in [3.8, 4) is 0 Å². The van der Waals surface area contributed by atoms with E-state index in [1.54, 1.807) is 0 Å². The maximum absolute atomic E-state index is 5.95. The smallest absolute Gasteiger partial charge is 0.0406 e. The molecule has 1 N–H and O–H groups in total. The van der Waals surface area contributed by atoms with Gasteiger partial charge in [0.2, 0.25) is 0 Å². The van der Waals surface area contributed by atoms with Crippen molar-refractivity contribution in [2.45, 2.75) is 38.3 Å². The van der Waals surface area contributed by atoms with E-state index in [4.69, 9.17) is 11.6 Å². The minimum absolute atomic E-state index is 0.460. The lowest BCUT2D eigenvalue weighted by Gasteiger charge is -2.42. The Morgan fingerprint density at radius 3 is 2.78 bits per heavy atom. The predicted octanol–water partition coefficient (Wildman–Crippen LogP) is 4.35. The third kappa shape index (κ3) is 2.22. The summed E-state index contributed by atoms with van der Waals surface area (Å²) in [6.07, 6.45) is 8.50. The zero-order chi connectivity index (χ0) is 12.5. The molecule has 0 amide bonds. The molecule has 0 aromatic heterocycles. The van der Waals surface area contributed by atoms with Gasteiger partial charge in [-0.05, 0) is 48.8 Å². The number of nitrogens with one attached hydrogen (secondary N) is 1. The molecule has 1 saturated carbocycles. The number of rotatable bonds is 4. The first kappa shape index (κ1) is 12.3. The van der Waals surface area contributed by atoms with Crippen LogP contribution in [0.4, 0.5) is 0 Å². The van der Waals surface area contributed by atoms with Crippen LogP contribution in [0.1, 0.15) is 37.8 Å². The van der Waals surface area contributed by atoms with Crippen molar-refractivity contribution in [3.63, 3.8) is 0 Å². The van der Waals surface area contributed by atoms with Crippen LogP contribution in [0.15, 0.2) is 36.4 Å². The van der Waals surface area contributed by atoms with Crippen molar-refractivity contribution in [1.29, 1.82) is 0 Å². The van der Waals surface area contributed by atoms with Gasteiger partial charge in [0.15, 0.2) is 0 Å². The normalized spacial score (nSPS) is 30.9. The minimum Gasteiger partial charge on any atom is -0.307 e. The van der Waals surface area contributed by atoms with Crippen LogP contribution >= 0.6 is 11.6 Å². The molecular formula is C16H20ClN. The molecule has 3 rings (SSSR count). The second kappa shape index (κ2) is 5.07. The van der Waals surface area contributed by atoms with Gasteiger partial charge in [-0.25, -0.2) is 0 Å². The van der Waals surface area contributed by atoms with E-state index in [9.17, 15) is 0 Å². The summed E-state index contributed by atoms with van der Waals surface area (Å²) in [5.41, 5.74) is 1.35. The number of benzene rings is 1. The van der Waals surface area contributed by atoms with Crippen molar-refractivity contribution < 1.29 is 0 Å². The van der Waals surface area contributed by atoms with Crippen LogP contribution in [0.25, 0.3) is 0 Å². The Bertz CT molecular complexity index is 437. The number of hydrogen-bond donors (Lipinski definition) is 1. The van der Waals surface area contributed by atoms with Crippen LogP contribution in [-0.4, -0.2) is 6.04 Å². The summed E-state index contributed by atoms with van der Waals surface area (Å²) >= 11 is 5.95. The van der Waals surface area contributed by atoms with Crippen molar-refractivity contribution in [1.82, 2.24) is 5.32 Å². The van der Waals surface area contributed by atoms with E-state index in [1.807, 2.05) is 12.1 Å². The lowest BCUT2D eigenvalue weighted by Crippen LogP contribution is -2.49. The van der Waals surface area contributed by atoms with Crippen LogP contribution in [0.5, 0.6) is 0 Å². The van der Waals surface area contributed by atoms with Gasteiger partial charge in [-0.15, -0.1) is 0 Å². The van der Waals surface area contributed by atoms with E-state index in [1.165, 1.54) is 18.4 Å². The Morgan fingerprint density at radius 2 is 2.11 bits per heavy atom. The fraction of sp³-hybridized carbons (Fsp3) is 0.500. The largest absolute Gasteiger partial charge is 0.307 e. The standard InChI is InChI=1S/C16H20ClN/c1-2-15(11-6-8-13(17)9-7-11)18-16-10-12-4-3-5-14(12)16/h3,5-9,12,14-16,18H,2,4,10H2,1H3. The summed E-state index contributed by atoms with van der Waals surface area (Å²) < 4.78 is 0. The Morgan fingerprint density at radius 1 is 1.33 bits per heavy atom. The summed E-state index contributed by atoms with van der Waals surface area (Å²) in [7, 11) is 0. The Labute approximate surface area is 114 Å². The Hall–Kier alpha value is -0.790. The van der Waals surface area contributed by atoms with Gasteiger partial charge in [-0.2, -0.15) is 0 Å². The fourth-order valence-corrected chi connectivity index (χ4v) is 3.44. The van der Waals surface area contributed by atoms with Gasteiger partial charge in [-0.1, -0.05) is 42.8 Å². The molecule has 0 radical (unpaired) electrons. The van der Waals surface area contributed by atoms with Gasteiger partial charge in [-0.3, -0.25) is 0 Å². The van der Waals surface area contributed by atoms with Gasteiger partial charge in [0.05, 0.1) is 0 Å². The number of fused-ring (bicyclic) bond motifs is 1. The molecule has 0 bridgehead atoms. The van der Waals surface area contributed by atoms with E-state index in [2.05, 4.69) is 36.5 Å². The molecule has 4 unspecified atom stereocenters. The van der Waals surface area contributed by atoms with E-state index < -0.39 is 0 Å². The number of hydrogen-bond acceptors (Lipinski definition) is 1. The molecular weight excluding hydrogens is 242 g/mol. The van der Waals surface area contributed by atoms with Gasteiger partial charge in [0, 0.05) is 17.1 Å². The molecule has 1 nitrogen and oxygen atoms in total. The maximum atomic E-state index is 5.95. The average Bonchev–Trinajstić information content (AvgIpc) is 2.74. The van der Waals surface area contributed by atoms with Crippen LogP contribution in [0.3, 0.4) is 0 Å². The molecule has 0 aliphatic heterocycles. The third-order valence-electron chi connectivity index (χ3n) is 4.46. The molecule has 2 aliphatic carbocycles. The first-order valence-electron chi connectivity index (χ1n) is 6.96. The monoisotopic (exact) mass is 261 g/mol. The molecule has 1 aromatic rings. The topological polar surface area (TPSA) is 12.0 Å². The lowest BCUT2D eigenvalue weighted by molar-refractivity contribution is 0.149. The van der Waals surface area contributed by atoms with Gasteiger partial charge in [0.1, 0.15) is 0 Å². The highest BCUT2D eigenvalue weighted by Crippen LogP contribution is 2.43. The van der Waals surface area contributed by atoms with Crippen LogP contribution in [0.2, 0.25) is 5.02 Å². The Balaban J connectivity index is 1.66. The zero-order valence-corrected chi connectivity index (χ0v) is 11.5. The first-order valence-corrected chi connectivity index (χ1v) is 7.34. The maximum Gasteiger partial charge on any atom is 0.0406 e. The summed E-state index contributed by atoms with van der Waals surface area (Å²) in [4.78, 5) is 0. The van der Waals surface area contributed by atoms with E-state index in [0.717, 1.165) is 23.3 Å². The fourth-order valence-electron chi connectivity index (χ4n) is 3.31. The molecule has 4 atom stereocenters. The van der Waals surface area contributed by atoms with Crippen LogP contribution < -0.4 is 5.32 Å². The predicted molar refractivity (Wildman–Crippen MR) is 76.8 cm³/mol. The second-order valence-corrected chi connectivity index (χ2v) is 5.96. The second-order valence-electron chi connectivity index (χ2n) is 5.52. The average molecular weight is 262 g/mol. The van der Waals surface area contributed by atoms with Crippen LogP contribution in [0, 0.1) is 11.8 Å². The van der Waals surface area contributed by atoms with E-state index in [0.29, 0.717) is 12.1 Å². The number of allylic oxidation sites excluding steroid dienone is 1. The highest BCUT2D eigenvalue weighted by atomic mass is 35.5. The quantitative estimate of drug-likeness (QED) is 0.795. The van der Waals surface area contributed by atoms with Gasteiger partial charge >= 0.3 is 0 Å². The third-order valence-corrected chi connectivity index (χ3v) is 4.71. The molecule has 2 heteroatoms. The Kier molecular flexibility index (Phi) is 3.45. The lowest BCUT2D eigenvalue weighted by atomic mass is 9.71. The molecule has 2 aliphatic rings. The molecule has 0 spiro atoms. The molecule has 0 saturated heterocycles. The van der Waals surface area contributed by atoms with Crippen molar-refractivity contribution in [3.05, 3.63) is 47.0 Å². The SMILES string of the molecule is CCC(NC1CC2CC=CC21)c1ccc(Cl)cc1. The van der Waals surface area contributed by atoms with Crippen LogP contribution in [-0.2, 0) is 0 Å². The summed E-state index contributed by atoms with van der Waals surface area (Å²) in [6, 6.07) is 9.39. The molecule has 96 valence electrons.